The summed E-state index contributed by atoms with van der Waals surface area (Å²) in [5, 5.41) is 3.72. The molecule has 0 aliphatic carbocycles. The van der Waals surface area contributed by atoms with Crippen molar-refractivity contribution in [1.29, 1.82) is 0 Å². The smallest absolute Gasteiger partial charge is 0.248 e. The predicted molar refractivity (Wildman–Crippen MR) is 100 cm³/mol. The lowest BCUT2D eigenvalue weighted by Gasteiger charge is -2.32. The van der Waals surface area contributed by atoms with E-state index in [0.717, 1.165) is 0 Å². The minimum Gasteiger partial charge on any atom is -0.360 e. The molecule has 0 atom stereocenters. The Labute approximate surface area is 164 Å². The number of sulfonamides is 1. The van der Waals surface area contributed by atoms with Crippen molar-refractivity contribution < 1.29 is 22.1 Å². The van der Waals surface area contributed by atoms with Crippen LogP contribution in [0.1, 0.15) is 29.9 Å². The van der Waals surface area contributed by atoms with Gasteiger partial charge in [-0.2, -0.15) is 4.31 Å². The Kier molecular flexibility index (Phi) is 5.85. The number of piperidine rings is 1. The Balaban J connectivity index is 1.63. The van der Waals surface area contributed by atoms with Crippen LogP contribution in [0.4, 0.5) is 4.39 Å². The van der Waals surface area contributed by atoms with E-state index in [2.05, 4.69) is 5.16 Å². The first-order chi connectivity index (χ1) is 13.2. The van der Waals surface area contributed by atoms with Gasteiger partial charge in [0.15, 0.2) is 5.76 Å². The summed E-state index contributed by atoms with van der Waals surface area (Å²) in [7, 11) is -2.06. The van der Waals surface area contributed by atoms with E-state index < -0.39 is 10.0 Å². The molecule has 9 heteroatoms. The summed E-state index contributed by atoms with van der Waals surface area (Å²) >= 11 is 0. The maximum absolute atomic E-state index is 13.8. The fourth-order valence-corrected chi connectivity index (χ4v) is 5.35. The maximum Gasteiger partial charge on any atom is 0.248 e. The summed E-state index contributed by atoms with van der Waals surface area (Å²) in [6.45, 7) is 3.84. The van der Waals surface area contributed by atoms with Gasteiger partial charge in [-0.25, -0.2) is 12.8 Å². The standard InChI is InChI=1S/C19H24FN3O4S/c1-13-18(14(2)27-21-13)28(25,26)23-10-8-15(9-11-23)19(24)22(3)12-16-6-4-5-7-17(16)20/h4-7,15H,8-12H2,1-3H3. The van der Waals surface area contributed by atoms with E-state index in [1.807, 2.05) is 0 Å². The van der Waals surface area contributed by atoms with E-state index in [4.69, 9.17) is 4.52 Å². The van der Waals surface area contributed by atoms with Crippen LogP contribution in [0.25, 0.3) is 0 Å². The van der Waals surface area contributed by atoms with Gasteiger partial charge in [0.2, 0.25) is 15.9 Å². The molecule has 1 fully saturated rings. The summed E-state index contributed by atoms with van der Waals surface area (Å²) < 4.78 is 45.9. The molecule has 2 heterocycles. The molecule has 0 bridgehead atoms. The molecule has 2 aromatic rings. The molecular weight excluding hydrogens is 385 g/mol. The molecule has 1 aromatic carbocycles. The molecule has 0 unspecified atom stereocenters. The first kappa shape index (κ1) is 20.5. The molecule has 0 spiro atoms. The third kappa shape index (κ3) is 3.95. The van der Waals surface area contributed by atoms with Crippen molar-refractivity contribution in [2.75, 3.05) is 20.1 Å². The molecule has 1 aliphatic heterocycles. The SMILES string of the molecule is Cc1noc(C)c1S(=O)(=O)N1CCC(C(=O)N(C)Cc2ccccc2F)CC1. The molecule has 1 aromatic heterocycles. The minimum atomic E-state index is -3.70. The third-order valence-electron chi connectivity index (χ3n) is 5.11. The Morgan fingerprint density at radius 2 is 1.93 bits per heavy atom. The number of aromatic nitrogens is 1. The van der Waals surface area contributed by atoms with Crippen LogP contribution in [0, 0.1) is 25.6 Å². The molecule has 0 N–H and O–H groups in total. The Hall–Kier alpha value is -2.26. The van der Waals surface area contributed by atoms with E-state index in [0.29, 0.717) is 24.1 Å². The maximum atomic E-state index is 13.8. The molecule has 3 rings (SSSR count). The van der Waals surface area contributed by atoms with Crippen molar-refractivity contribution in [3.05, 3.63) is 47.1 Å². The van der Waals surface area contributed by atoms with Crippen LogP contribution < -0.4 is 0 Å². The van der Waals surface area contributed by atoms with Crippen molar-refractivity contribution >= 4 is 15.9 Å². The summed E-state index contributed by atoms with van der Waals surface area (Å²) in [5.74, 6) is -0.464. The Morgan fingerprint density at radius 1 is 1.29 bits per heavy atom. The number of halogens is 1. The van der Waals surface area contributed by atoms with Crippen LogP contribution in [0.15, 0.2) is 33.7 Å². The van der Waals surface area contributed by atoms with Crippen LogP contribution in [0.3, 0.4) is 0 Å². The second-order valence-corrected chi connectivity index (χ2v) is 8.99. The molecule has 1 saturated heterocycles. The van der Waals surface area contributed by atoms with Gasteiger partial charge in [-0.1, -0.05) is 23.4 Å². The van der Waals surface area contributed by atoms with Gasteiger partial charge in [0, 0.05) is 38.2 Å². The second-order valence-electron chi connectivity index (χ2n) is 7.12. The molecule has 7 nitrogen and oxygen atoms in total. The van der Waals surface area contributed by atoms with Crippen molar-refractivity contribution in [2.45, 2.75) is 38.1 Å². The molecular formula is C19H24FN3O4S. The average Bonchev–Trinajstić information content (AvgIpc) is 3.02. The van der Waals surface area contributed by atoms with Crippen molar-refractivity contribution in [2.24, 2.45) is 5.92 Å². The topological polar surface area (TPSA) is 83.7 Å². The Morgan fingerprint density at radius 3 is 2.50 bits per heavy atom. The van der Waals surface area contributed by atoms with E-state index in [1.54, 1.807) is 39.1 Å². The number of hydrogen-bond acceptors (Lipinski definition) is 5. The van der Waals surface area contributed by atoms with E-state index in [1.165, 1.54) is 15.3 Å². The van der Waals surface area contributed by atoms with Crippen molar-refractivity contribution in [1.82, 2.24) is 14.4 Å². The number of carbonyl (C=O) groups is 1. The number of amides is 1. The number of rotatable bonds is 5. The highest BCUT2D eigenvalue weighted by Gasteiger charge is 2.36. The molecule has 152 valence electrons. The number of nitrogens with zero attached hydrogens (tertiary/aromatic N) is 3. The van der Waals surface area contributed by atoms with Gasteiger partial charge >= 0.3 is 0 Å². The van der Waals surface area contributed by atoms with E-state index in [-0.39, 0.29) is 47.9 Å². The fourth-order valence-electron chi connectivity index (χ4n) is 3.59. The second kappa shape index (κ2) is 8.00. The molecule has 1 amide bonds. The number of hydrogen-bond donors (Lipinski definition) is 0. The monoisotopic (exact) mass is 409 g/mol. The molecule has 28 heavy (non-hydrogen) atoms. The van der Waals surface area contributed by atoms with Crippen LogP contribution >= 0.6 is 0 Å². The fraction of sp³-hybridized carbons (Fsp3) is 0.474. The third-order valence-corrected chi connectivity index (χ3v) is 7.25. The number of carbonyl (C=O) groups excluding carboxylic acids is 1. The molecule has 1 aliphatic rings. The highest BCUT2D eigenvalue weighted by atomic mass is 32.2. The van der Waals surface area contributed by atoms with Gasteiger partial charge in [-0.15, -0.1) is 0 Å². The van der Waals surface area contributed by atoms with Crippen LogP contribution in [-0.4, -0.2) is 48.8 Å². The van der Waals surface area contributed by atoms with Crippen molar-refractivity contribution in [3.63, 3.8) is 0 Å². The normalized spacial score (nSPS) is 16.3. The summed E-state index contributed by atoms with van der Waals surface area (Å²) in [6.07, 6.45) is 0.839. The van der Waals surface area contributed by atoms with E-state index >= 15 is 0 Å². The van der Waals surface area contributed by atoms with Gasteiger partial charge in [0.1, 0.15) is 16.4 Å². The quantitative estimate of drug-likeness (QED) is 0.758. The lowest BCUT2D eigenvalue weighted by atomic mass is 9.96. The zero-order valence-corrected chi connectivity index (χ0v) is 17.0. The first-order valence-electron chi connectivity index (χ1n) is 9.13. The van der Waals surface area contributed by atoms with Gasteiger partial charge in [0.25, 0.3) is 0 Å². The highest BCUT2D eigenvalue weighted by molar-refractivity contribution is 7.89. The van der Waals surface area contributed by atoms with Gasteiger partial charge in [-0.3, -0.25) is 4.79 Å². The summed E-state index contributed by atoms with van der Waals surface area (Å²) in [5.41, 5.74) is 0.789. The zero-order valence-electron chi connectivity index (χ0n) is 16.2. The summed E-state index contributed by atoms with van der Waals surface area (Å²) in [6, 6.07) is 6.36. The number of aryl methyl sites for hydroxylation is 2. The zero-order chi connectivity index (χ0) is 20.5. The van der Waals surface area contributed by atoms with Gasteiger partial charge in [-0.05, 0) is 32.8 Å². The summed E-state index contributed by atoms with van der Waals surface area (Å²) in [4.78, 5) is 14.3. The minimum absolute atomic E-state index is 0.0994. The van der Waals surface area contributed by atoms with E-state index in [9.17, 15) is 17.6 Å². The highest BCUT2D eigenvalue weighted by Crippen LogP contribution is 2.28. The van der Waals surface area contributed by atoms with Crippen LogP contribution in [0.2, 0.25) is 0 Å². The van der Waals surface area contributed by atoms with Crippen LogP contribution in [0.5, 0.6) is 0 Å². The lowest BCUT2D eigenvalue weighted by molar-refractivity contribution is -0.136. The lowest BCUT2D eigenvalue weighted by Crippen LogP contribution is -2.43. The Bertz CT molecular complexity index is 946. The molecule has 0 radical (unpaired) electrons. The first-order valence-corrected chi connectivity index (χ1v) is 10.6. The van der Waals surface area contributed by atoms with Crippen molar-refractivity contribution in [3.8, 4) is 0 Å². The van der Waals surface area contributed by atoms with Gasteiger partial charge < -0.3 is 9.42 Å². The molecule has 0 saturated carbocycles. The van der Waals surface area contributed by atoms with Crippen LogP contribution in [-0.2, 0) is 21.4 Å². The number of benzene rings is 1. The average molecular weight is 409 g/mol. The van der Waals surface area contributed by atoms with Gasteiger partial charge in [0.05, 0.1) is 0 Å². The largest absolute Gasteiger partial charge is 0.360 e. The predicted octanol–water partition coefficient (Wildman–Crippen LogP) is 2.49.